The molecule has 0 N–H and O–H groups in total. The van der Waals surface area contributed by atoms with Crippen LogP contribution >= 0.6 is 0 Å². The minimum atomic E-state index is 0.00798. The largest absolute Gasteiger partial charge is 0.494 e. The van der Waals surface area contributed by atoms with E-state index in [4.69, 9.17) is 9.47 Å². The molecule has 124 valence electrons. The molecule has 6 heteroatoms. The molecule has 0 spiro atoms. The molecular formula is C17H23N3O3. The highest BCUT2D eigenvalue weighted by molar-refractivity contribution is 5.97. The number of pyridine rings is 1. The monoisotopic (exact) mass is 317 g/mol. The number of carbonyl (C=O) groups is 1. The van der Waals surface area contributed by atoms with E-state index in [9.17, 15) is 4.79 Å². The Morgan fingerprint density at radius 3 is 3.09 bits per heavy atom. The molecule has 3 fully saturated rings. The fourth-order valence-electron chi connectivity index (χ4n) is 3.67. The molecule has 1 aromatic heterocycles. The zero-order chi connectivity index (χ0) is 15.8. The van der Waals surface area contributed by atoms with Gasteiger partial charge in [-0.2, -0.15) is 0 Å². The van der Waals surface area contributed by atoms with Crippen LogP contribution in [0.25, 0.3) is 0 Å². The molecule has 0 unspecified atom stereocenters. The van der Waals surface area contributed by atoms with E-state index in [2.05, 4.69) is 9.88 Å². The minimum Gasteiger partial charge on any atom is -0.494 e. The zero-order valence-electron chi connectivity index (χ0n) is 13.5. The standard InChI is InChI=1S/C17H23N3O3/c1-22-15-8-18-5-4-13(15)17(21)20-10-14-16(11-20)23-7-6-19(14)9-12-2-3-12/h4-5,8,12,14,16H,2-3,6-7,9-11H2,1H3/t14-,16+/m1/s1. The summed E-state index contributed by atoms with van der Waals surface area (Å²) < 4.78 is 11.2. The van der Waals surface area contributed by atoms with Crippen LogP contribution in [0.1, 0.15) is 23.2 Å². The number of amides is 1. The summed E-state index contributed by atoms with van der Waals surface area (Å²) in [4.78, 5) is 21.3. The molecule has 6 nitrogen and oxygen atoms in total. The second kappa shape index (κ2) is 6.09. The first-order chi connectivity index (χ1) is 11.3. The van der Waals surface area contributed by atoms with Gasteiger partial charge in [0.05, 0.1) is 37.6 Å². The number of aromatic nitrogens is 1. The van der Waals surface area contributed by atoms with E-state index in [-0.39, 0.29) is 12.0 Å². The van der Waals surface area contributed by atoms with Gasteiger partial charge in [-0.25, -0.2) is 0 Å². The number of likely N-dealkylation sites (tertiary alicyclic amines) is 1. The lowest BCUT2D eigenvalue weighted by molar-refractivity contribution is -0.0484. The Bertz CT molecular complexity index is 590. The first-order valence-corrected chi connectivity index (χ1v) is 8.39. The number of carbonyl (C=O) groups excluding carboxylic acids is 1. The van der Waals surface area contributed by atoms with Crippen LogP contribution in [0.15, 0.2) is 18.5 Å². The average molecular weight is 317 g/mol. The predicted octanol–water partition coefficient (Wildman–Crippen LogP) is 1.03. The molecule has 2 aliphatic heterocycles. The van der Waals surface area contributed by atoms with Crippen LogP contribution in [0.3, 0.4) is 0 Å². The lowest BCUT2D eigenvalue weighted by Gasteiger charge is -2.36. The third-order valence-electron chi connectivity index (χ3n) is 5.13. The third-order valence-corrected chi connectivity index (χ3v) is 5.13. The number of hydrogen-bond donors (Lipinski definition) is 0. The number of hydrogen-bond acceptors (Lipinski definition) is 5. The van der Waals surface area contributed by atoms with Crippen molar-refractivity contribution in [2.75, 3.05) is 39.9 Å². The van der Waals surface area contributed by atoms with Gasteiger partial charge in [-0.3, -0.25) is 14.7 Å². The molecule has 0 radical (unpaired) electrons. The Balaban J connectivity index is 1.49. The summed E-state index contributed by atoms with van der Waals surface area (Å²) in [5.74, 6) is 1.40. The van der Waals surface area contributed by atoms with Crippen molar-refractivity contribution in [2.45, 2.75) is 25.0 Å². The summed E-state index contributed by atoms with van der Waals surface area (Å²) >= 11 is 0. The van der Waals surface area contributed by atoms with Gasteiger partial charge >= 0.3 is 0 Å². The maximum atomic E-state index is 12.9. The van der Waals surface area contributed by atoms with Gasteiger partial charge in [-0.15, -0.1) is 0 Å². The van der Waals surface area contributed by atoms with Crippen LogP contribution in [0.4, 0.5) is 0 Å². The van der Waals surface area contributed by atoms with Crippen molar-refractivity contribution in [3.05, 3.63) is 24.0 Å². The number of rotatable bonds is 4. The average Bonchev–Trinajstić information content (AvgIpc) is 3.29. The second-order valence-electron chi connectivity index (χ2n) is 6.70. The van der Waals surface area contributed by atoms with Crippen LogP contribution in [0.2, 0.25) is 0 Å². The minimum absolute atomic E-state index is 0.00798. The predicted molar refractivity (Wildman–Crippen MR) is 84.5 cm³/mol. The van der Waals surface area contributed by atoms with Crippen molar-refractivity contribution in [1.82, 2.24) is 14.8 Å². The maximum absolute atomic E-state index is 12.9. The van der Waals surface area contributed by atoms with Gasteiger partial charge in [0.15, 0.2) is 0 Å². The van der Waals surface area contributed by atoms with Gasteiger partial charge in [0.2, 0.25) is 0 Å². The van der Waals surface area contributed by atoms with Crippen molar-refractivity contribution >= 4 is 5.91 Å². The lowest BCUT2D eigenvalue weighted by atomic mass is 10.1. The molecule has 3 heterocycles. The highest BCUT2D eigenvalue weighted by Crippen LogP contribution is 2.33. The Labute approximate surface area is 136 Å². The van der Waals surface area contributed by atoms with Crippen molar-refractivity contribution in [2.24, 2.45) is 5.92 Å². The van der Waals surface area contributed by atoms with Crippen molar-refractivity contribution in [1.29, 1.82) is 0 Å². The Morgan fingerprint density at radius 2 is 2.30 bits per heavy atom. The van der Waals surface area contributed by atoms with Crippen molar-refractivity contribution in [3.8, 4) is 5.75 Å². The van der Waals surface area contributed by atoms with Gasteiger partial charge in [0.1, 0.15) is 5.75 Å². The van der Waals surface area contributed by atoms with E-state index in [0.29, 0.717) is 23.9 Å². The maximum Gasteiger partial charge on any atom is 0.257 e. The van der Waals surface area contributed by atoms with E-state index >= 15 is 0 Å². The molecule has 1 aromatic rings. The van der Waals surface area contributed by atoms with E-state index < -0.39 is 0 Å². The summed E-state index contributed by atoms with van der Waals surface area (Å²) in [5, 5.41) is 0. The quantitative estimate of drug-likeness (QED) is 0.830. The van der Waals surface area contributed by atoms with E-state index in [1.807, 2.05) is 4.90 Å². The molecular weight excluding hydrogens is 294 g/mol. The Kier molecular flexibility index (Phi) is 3.95. The van der Waals surface area contributed by atoms with Gasteiger partial charge in [0, 0.05) is 32.4 Å². The van der Waals surface area contributed by atoms with Gasteiger partial charge in [-0.1, -0.05) is 0 Å². The first-order valence-electron chi connectivity index (χ1n) is 8.39. The molecule has 3 aliphatic rings. The van der Waals surface area contributed by atoms with Gasteiger partial charge in [-0.05, 0) is 24.8 Å². The van der Waals surface area contributed by atoms with Gasteiger partial charge in [0.25, 0.3) is 5.91 Å². The highest BCUT2D eigenvalue weighted by Gasteiger charge is 2.43. The number of ether oxygens (including phenoxy) is 2. The van der Waals surface area contributed by atoms with Crippen LogP contribution in [-0.4, -0.2) is 72.7 Å². The second-order valence-corrected chi connectivity index (χ2v) is 6.70. The van der Waals surface area contributed by atoms with E-state index in [1.54, 1.807) is 25.6 Å². The summed E-state index contributed by atoms with van der Waals surface area (Å²) in [5.41, 5.74) is 0.579. The summed E-state index contributed by atoms with van der Waals surface area (Å²) in [6.45, 7) is 4.32. The van der Waals surface area contributed by atoms with Crippen LogP contribution in [0, 0.1) is 5.92 Å². The first kappa shape index (κ1) is 14.9. The number of morpholine rings is 1. The smallest absolute Gasteiger partial charge is 0.257 e. The molecule has 23 heavy (non-hydrogen) atoms. The Hall–Kier alpha value is -1.66. The lowest BCUT2D eigenvalue weighted by Crippen LogP contribution is -2.51. The van der Waals surface area contributed by atoms with Crippen LogP contribution in [-0.2, 0) is 4.74 Å². The molecule has 0 bridgehead atoms. The fourth-order valence-corrected chi connectivity index (χ4v) is 3.67. The molecule has 0 aromatic carbocycles. The Morgan fingerprint density at radius 1 is 1.43 bits per heavy atom. The molecule has 2 saturated heterocycles. The SMILES string of the molecule is COc1cnccc1C(=O)N1C[C@@H]2OCCN(CC3CC3)[C@@H]2C1. The number of nitrogens with zero attached hydrogens (tertiary/aromatic N) is 3. The topological polar surface area (TPSA) is 54.9 Å². The zero-order valence-corrected chi connectivity index (χ0v) is 13.5. The van der Waals surface area contributed by atoms with Crippen molar-refractivity contribution < 1.29 is 14.3 Å². The van der Waals surface area contributed by atoms with Crippen LogP contribution in [0.5, 0.6) is 5.75 Å². The molecule has 1 amide bonds. The van der Waals surface area contributed by atoms with E-state index in [1.165, 1.54) is 12.8 Å². The summed E-state index contributed by atoms with van der Waals surface area (Å²) in [6, 6.07) is 2.06. The third kappa shape index (κ3) is 2.93. The molecule has 4 rings (SSSR count). The summed E-state index contributed by atoms with van der Waals surface area (Å²) in [7, 11) is 1.57. The highest BCUT2D eigenvalue weighted by atomic mass is 16.5. The normalized spacial score (nSPS) is 27.8. The number of methoxy groups -OCH3 is 1. The van der Waals surface area contributed by atoms with E-state index in [0.717, 1.165) is 32.2 Å². The van der Waals surface area contributed by atoms with Crippen molar-refractivity contribution in [3.63, 3.8) is 0 Å². The molecule has 2 atom stereocenters. The molecule has 1 aliphatic carbocycles. The number of fused-ring (bicyclic) bond motifs is 1. The molecule has 1 saturated carbocycles. The van der Waals surface area contributed by atoms with Crippen LogP contribution < -0.4 is 4.74 Å². The fraction of sp³-hybridized carbons (Fsp3) is 0.647. The van der Waals surface area contributed by atoms with Gasteiger partial charge < -0.3 is 14.4 Å². The summed E-state index contributed by atoms with van der Waals surface area (Å²) in [6.07, 6.45) is 6.07.